The zero-order chi connectivity index (χ0) is 16.2. The average Bonchev–Trinajstić information content (AvgIpc) is 3.13. The van der Waals surface area contributed by atoms with Crippen LogP contribution < -0.4 is 5.32 Å². The number of carbonyl (C=O) groups excluding carboxylic acids is 1. The van der Waals surface area contributed by atoms with Gasteiger partial charge in [0, 0.05) is 11.8 Å². The van der Waals surface area contributed by atoms with E-state index in [4.69, 9.17) is 0 Å². The third-order valence-electron chi connectivity index (χ3n) is 3.64. The van der Waals surface area contributed by atoms with E-state index < -0.39 is 0 Å². The number of nitrogens with zero attached hydrogens (tertiary/aromatic N) is 2. The van der Waals surface area contributed by atoms with E-state index in [1.54, 1.807) is 6.20 Å². The number of hydrogen-bond acceptors (Lipinski definition) is 4. The molecule has 1 amide bonds. The normalized spacial score (nSPS) is 19.3. The van der Waals surface area contributed by atoms with E-state index in [2.05, 4.69) is 54.2 Å². The van der Waals surface area contributed by atoms with Crippen molar-refractivity contribution in [1.82, 2.24) is 15.1 Å². The first-order chi connectivity index (χ1) is 11.2. The molecule has 1 aliphatic heterocycles. The Morgan fingerprint density at radius 2 is 2.17 bits per heavy atom. The standard InChI is InChI=1S/C17H19N3OS2/c1-2-3-4-12-5-7-14(8-6-12)20-11-13(10-18-20)9-15-16(21)19-17(22)23-15/h5-11,17,22H,2-4H2,1H3,(H,19,21)/b15-9-. The molecule has 120 valence electrons. The van der Waals surface area contributed by atoms with Gasteiger partial charge < -0.3 is 5.32 Å². The number of thiol groups is 1. The smallest absolute Gasteiger partial charge is 0.259 e. The summed E-state index contributed by atoms with van der Waals surface area (Å²) in [5.41, 5.74) is 3.27. The van der Waals surface area contributed by atoms with Gasteiger partial charge in [-0.05, 0) is 36.6 Å². The first-order valence-corrected chi connectivity index (χ1v) is 9.06. The predicted molar refractivity (Wildman–Crippen MR) is 98.7 cm³/mol. The van der Waals surface area contributed by atoms with Gasteiger partial charge in [0.25, 0.3) is 5.91 Å². The van der Waals surface area contributed by atoms with Crippen molar-refractivity contribution >= 4 is 36.4 Å². The summed E-state index contributed by atoms with van der Waals surface area (Å²) in [6.07, 6.45) is 9.06. The molecule has 23 heavy (non-hydrogen) atoms. The van der Waals surface area contributed by atoms with Crippen LogP contribution in [0.3, 0.4) is 0 Å². The first kappa shape index (κ1) is 16.2. The highest BCUT2D eigenvalue weighted by atomic mass is 32.2. The van der Waals surface area contributed by atoms with Gasteiger partial charge in [-0.2, -0.15) is 5.10 Å². The van der Waals surface area contributed by atoms with Gasteiger partial charge in [0.15, 0.2) is 0 Å². The molecule has 0 bridgehead atoms. The van der Waals surface area contributed by atoms with Gasteiger partial charge in [0.05, 0.1) is 16.8 Å². The number of amides is 1. The van der Waals surface area contributed by atoms with Gasteiger partial charge in [0.1, 0.15) is 4.71 Å². The maximum atomic E-state index is 11.7. The van der Waals surface area contributed by atoms with E-state index in [1.165, 1.54) is 30.2 Å². The number of aryl methyl sites for hydroxylation is 1. The number of unbranched alkanes of at least 4 members (excludes halogenated alkanes) is 1. The second-order valence-corrected chi connectivity index (χ2v) is 7.45. The van der Waals surface area contributed by atoms with E-state index in [9.17, 15) is 4.79 Å². The number of carbonyl (C=O) groups is 1. The van der Waals surface area contributed by atoms with Crippen LogP contribution >= 0.6 is 24.4 Å². The van der Waals surface area contributed by atoms with Gasteiger partial charge >= 0.3 is 0 Å². The summed E-state index contributed by atoms with van der Waals surface area (Å²) in [7, 11) is 0. The number of rotatable bonds is 5. The summed E-state index contributed by atoms with van der Waals surface area (Å²) >= 11 is 5.65. The molecular weight excluding hydrogens is 326 g/mol. The fourth-order valence-electron chi connectivity index (χ4n) is 2.39. The highest BCUT2D eigenvalue weighted by molar-refractivity contribution is 8.14. The maximum Gasteiger partial charge on any atom is 0.259 e. The molecule has 2 heterocycles. The lowest BCUT2D eigenvalue weighted by Crippen LogP contribution is -2.19. The Morgan fingerprint density at radius 1 is 1.39 bits per heavy atom. The third-order valence-corrected chi connectivity index (χ3v) is 4.98. The molecule has 1 fully saturated rings. The lowest BCUT2D eigenvalue weighted by atomic mass is 10.1. The monoisotopic (exact) mass is 345 g/mol. The Kier molecular flexibility index (Phi) is 5.13. The van der Waals surface area contributed by atoms with E-state index in [1.807, 2.05) is 17.0 Å². The molecule has 1 unspecified atom stereocenters. The molecule has 3 rings (SSSR count). The number of thioether (sulfide) groups is 1. The molecule has 1 N–H and O–H groups in total. The van der Waals surface area contributed by atoms with Gasteiger partial charge in [-0.15, -0.1) is 12.6 Å². The van der Waals surface area contributed by atoms with Crippen LogP contribution in [0.15, 0.2) is 41.6 Å². The number of benzene rings is 1. The summed E-state index contributed by atoms with van der Waals surface area (Å²) < 4.78 is 1.66. The molecule has 2 aromatic rings. The van der Waals surface area contributed by atoms with Crippen LogP contribution in [0.4, 0.5) is 0 Å². The molecule has 6 heteroatoms. The maximum absolute atomic E-state index is 11.7. The molecule has 4 nitrogen and oxygen atoms in total. The number of hydrogen-bond donors (Lipinski definition) is 2. The summed E-state index contributed by atoms with van der Waals surface area (Å²) in [6, 6.07) is 8.46. The molecule has 1 aromatic heterocycles. The average molecular weight is 345 g/mol. The Hall–Kier alpha value is -1.66. The van der Waals surface area contributed by atoms with Crippen molar-refractivity contribution in [3.63, 3.8) is 0 Å². The fraction of sp³-hybridized carbons (Fsp3) is 0.294. The summed E-state index contributed by atoms with van der Waals surface area (Å²) in [4.78, 5) is 12.4. The van der Waals surface area contributed by atoms with Crippen LogP contribution in [-0.4, -0.2) is 20.4 Å². The van der Waals surface area contributed by atoms with Crippen molar-refractivity contribution in [1.29, 1.82) is 0 Å². The molecule has 1 aromatic carbocycles. The van der Waals surface area contributed by atoms with Crippen molar-refractivity contribution in [2.75, 3.05) is 0 Å². The van der Waals surface area contributed by atoms with Crippen molar-refractivity contribution < 1.29 is 4.79 Å². The quantitative estimate of drug-likeness (QED) is 0.642. The zero-order valence-electron chi connectivity index (χ0n) is 12.9. The molecular formula is C17H19N3OS2. The van der Waals surface area contributed by atoms with Gasteiger partial charge in [-0.25, -0.2) is 4.68 Å². The molecule has 0 saturated carbocycles. The van der Waals surface area contributed by atoms with Crippen LogP contribution in [0, 0.1) is 0 Å². The lowest BCUT2D eigenvalue weighted by Gasteiger charge is -2.03. The van der Waals surface area contributed by atoms with E-state index in [-0.39, 0.29) is 10.6 Å². The Labute approximate surface area is 145 Å². The van der Waals surface area contributed by atoms with Crippen LogP contribution in [0.5, 0.6) is 0 Å². The van der Waals surface area contributed by atoms with Crippen LogP contribution in [-0.2, 0) is 11.2 Å². The Balaban J connectivity index is 1.74. The van der Waals surface area contributed by atoms with Gasteiger partial charge in [-0.3, -0.25) is 4.79 Å². The van der Waals surface area contributed by atoms with Crippen LogP contribution in [0.25, 0.3) is 11.8 Å². The van der Waals surface area contributed by atoms with Crippen molar-refractivity contribution in [2.45, 2.75) is 30.9 Å². The minimum Gasteiger partial charge on any atom is -0.331 e. The summed E-state index contributed by atoms with van der Waals surface area (Å²) in [5, 5.41) is 7.12. The predicted octanol–water partition coefficient (Wildman–Crippen LogP) is 3.63. The lowest BCUT2D eigenvalue weighted by molar-refractivity contribution is -0.116. The largest absolute Gasteiger partial charge is 0.331 e. The van der Waals surface area contributed by atoms with Crippen molar-refractivity contribution in [2.24, 2.45) is 0 Å². The molecule has 1 atom stereocenters. The molecule has 0 radical (unpaired) electrons. The fourth-order valence-corrected chi connectivity index (χ4v) is 3.62. The highest BCUT2D eigenvalue weighted by Gasteiger charge is 2.24. The topological polar surface area (TPSA) is 46.9 Å². The van der Waals surface area contributed by atoms with Crippen molar-refractivity contribution in [3.05, 3.63) is 52.7 Å². The van der Waals surface area contributed by atoms with Crippen LogP contribution in [0.2, 0.25) is 0 Å². The Bertz CT molecular complexity index is 722. The highest BCUT2D eigenvalue weighted by Crippen LogP contribution is 2.30. The zero-order valence-corrected chi connectivity index (χ0v) is 14.6. The minimum absolute atomic E-state index is 0.0805. The van der Waals surface area contributed by atoms with Gasteiger partial charge in [-0.1, -0.05) is 37.2 Å². The van der Waals surface area contributed by atoms with E-state index >= 15 is 0 Å². The van der Waals surface area contributed by atoms with Gasteiger partial charge in [0.2, 0.25) is 0 Å². The van der Waals surface area contributed by atoms with Crippen molar-refractivity contribution in [3.8, 4) is 5.69 Å². The van der Waals surface area contributed by atoms with Crippen LogP contribution in [0.1, 0.15) is 30.9 Å². The molecule has 1 saturated heterocycles. The number of aromatic nitrogens is 2. The minimum atomic E-state index is -0.167. The third kappa shape index (κ3) is 4.00. The second kappa shape index (κ2) is 7.27. The SMILES string of the molecule is CCCCc1ccc(-n2cc(/C=C3\SC(S)NC3=O)cn2)cc1. The summed E-state index contributed by atoms with van der Waals surface area (Å²) in [6.45, 7) is 2.20. The Morgan fingerprint density at radius 3 is 2.83 bits per heavy atom. The number of nitrogens with one attached hydrogen (secondary N) is 1. The molecule has 0 spiro atoms. The van der Waals surface area contributed by atoms with E-state index in [0.29, 0.717) is 4.91 Å². The van der Waals surface area contributed by atoms with E-state index in [0.717, 1.165) is 17.7 Å². The first-order valence-electron chi connectivity index (χ1n) is 7.67. The molecule has 1 aliphatic rings. The second-order valence-electron chi connectivity index (χ2n) is 5.44. The molecule has 0 aliphatic carbocycles. The summed E-state index contributed by atoms with van der Waals surface area (Å²) in [5.74, 6) is -0.0805.